The first-order valence-electron chi connectivity index (χ1n) is 9.55. The maximum absolute atomic E-state index is 12.9. The van der Waals surface area contributed by atoms with Crippen LogP contribution < -0.4 is 5.32 Å². The third kappa shape index (κ3) is 3.33. The van der Waals surface area contributed by atoms with E-state index < -0.39 is 0 Å². The van der Waals surface area contributed by atoms with Gasteiger partial charge in [-0.25, -0.2) is 4.98 Å². The van der Waals surface area contributed by atoms with E-state index in [2.05, 4.69) is 17.5 Å². The number of aromatic nitrogens is 1. The number of amides is 1. The summed E-state index contributed by atoms with van der Waals surface area (Å²) >= 11 is 3.34. The molecule has 1 aliphatic carbocycles. The second-order valence-corrected chi connectivity index (χ2v) is 9.18. The molecule has 1 amide bonds. The van der Waals surface area contributed by atoms with Crippen LogP contribution in [0, 0.1) is 11.3 Å². The summed E-state index contributed by atoms with van der Waals surface area (Å²) in [6, 6.07) is 17.0. The summed E-state index contributed by atoms with van der Waals surface area (Å²) in [5.41, 5.74) is 4.37. The van der Waals surface area contributed by atoms with E-state index >= 15 is 0 Å². The fourth-order valence-corrected chi connectivity index (χ4v) is 6.16. The predicted molar refractivity (Wildman–Crippen MR) is 119 cm³/mol. The molecule has 4 aromatic rings. The van der Waals surface area contributed by atoms with Gasteiger partial charge in [0.05, 0.1) is 21.8 Å². The fourth-order valence-electron chi connectivity index (χ4n) is 3.76. The number of carbonyl (C=O) groups excluding carboxylic acids is 1. The summed E-state index contributed by atoms with van der Waals surface area (Å²) in [5.74, 6) is -0.192. The predicted octanol–water partition coefficient (Wildman–Crippen LogP) is 6.03. The average Bonchev–Trinajstić information content (AvgIpc) is 3.34. The molecule has 29 heavy (non-hydrogen) atoms. The van der Waals surface area contributed by atoms with E-state index in [-0.39, 0.29) is 5.91 Å². The second kappa shape index (κ2) is 7.43. The van der Waals surface area contributed by atoms with Crippen molar-refractivity contribution in [3.8, 4) is 16.6 Å². The molecule has 0 fully saturated rings. The molecule has 0 radical (unpaired) electrons. The van der Waals surface area contributed by atoms with E-state index in [1.807, 2.05) is 18.2 Å². The zero-order chi connectivity index (χ0) is 19.8. The van der Waals surface area contributed by atoms with Gasteiger partial charge in [0, 0.05) is 16.0 Å². The van der Waals surface area contributed by atoms with Crippen LogP contribution in [0.4, 0.5) is 5.00 Å². The molecular formula is C23H17N3OS2. The first kappa shape index (κ1) is 18.0. The molecule has 2 aromatic heterocycles. The lowest BCUT2D eigenvalue weighted by Gasteiger charge is -2.11. The number of carbonyl (C=O) groups is 1. The molecule has 5 rings (SSSR count). The average molecular weight is 416 g/mol. The number of anilines is 1. The first-order chi connectivity index (χ1) is 14.2. The summed E-state index contributed by atoms with van der Waals surface area (Å²) in [6.45, 7) is 0. The van der Waals surface area contributed by atoms with E-state index in [0.717, 1.165) is 38.6 Å². The number of hydrogen-bond acceptors (Lipinski definition) is 5. The Labute approximate surface area is 176 Å². The molecule has 0 saturated carbocycles. The molecule has 0 aliphatic heterocycles. The van der Waals surface area contributed by atoms with Crippen LogP contribution in [0.3, 0.4) is 0 Å². The minimum atomic E-state index is -0.192. The Bertz CT molecular complexity index is 1250. The number of fused-ring (bicyclic) bond motifs is 2. The molecule has 142 valence electrons. The van der Waals surface area contributed by atoms with Crippen molar-refractivity contribution in [1.29, 1.82) is 5.26 Å². The lowest BCUT2D eigenvalue weighted by molar-refractivity contribution is 0.102. The molecule has 0 spiro atoms. The molecule has 0 saturated heterocycles. The lowest BCUT2D eigenvalue weighted by Crippen LogP contribution is -2.11. The first-order valence-corrected chi connectivity index (χ1v) is 11.2. The van der Waals surface area contributed by atoms with Crippen molar-refractivity contribution >= 4 is 43.8 Å². The van der Waals surface area contributed by atoms with Gasteiger partial charge in [-0.1, -0.05) is 18.2 Å². The van der Waals surface area contributed by atoms with E-state index in [9.17, 15) is 4.79 Å². The molecule has 1 aliphatic rings. The third-order valence-corrected chi connectivity index (χ3v) is 7.42. The van der Waals surface area contributed by atoms with Gasteiger partial charge in [0.25, 0.3) is 5.91 Å². The van der Waals surface area contributed by atoms with E-state index in [4.69, 9.17) is 10.2 Å². The maximum Gasteiger partial charge on any atom is 0.256 e. The largest absolute Gasteiger partial charge is 0.313 e. The van der Waals surface area contributed by atoms with Gasteiger partial charge in [-0.05, 0) is 61.6 Å². The number of nitrogens with one attached hydrogen (secondary N) is 1. The normalized spacial score (nSPS) is 13.1. The van der Waals surface area contributed by atoms with Gasteiger partial charge in [0.2, 0.25) is 0 Å². The molecule has 1 N–H and O–H groups in total. The van der Waals surface area contributed by atoms with Gasteiger partial charge >= 0.3 is 0 Å². The summed E-state index contributed by atoms with van der Waals surface area (Å²) in [6.07, 6.45) is 4.43. The fraction of sp³-hybridized carbons (Fsp3) is 0.174. The summed E-state index contributed by atoms with van der Waals surface area (Å²) in [4.78, 5) is 19.1. The Kier molecular flexibility index (Phi) is 4.62. The van der Waals surface area contributed by atoms with Gasteiger partial charge in [-0.3, -0.25) is 4.79 Å². The van der Waals surface area contributed by atoms with E-state index in [1.54, 1.807) is 46.9 Å². The van der Waals surface area contributed by atoms with Gasteiger partial charge in [0.1, 0.15) is 10.0 Å². The van der Waals surface area contributed by atoms with Crippen LogP contribution in [-0.2, 0) is 12.8 Å². The highest BCUT2D eigenvalue weighted by molar-refractivity contribution is 7.23. The highest BCUT2D eigenvalue weighted by atomic mass is 32.1. The number of hydrogen-bond donors (Lipinski definition) is 1. The van der Waals surface area contributed by atoms with Crippen LogP contribution in [0.1, 0.15) is 39.2 Å². The molecule has 2 heterocycles. The second-order valence-electron chi connectivity index (χ2n) is 7.05. The molecule has 0 bridgehead atoms. The van der Waals surface area contributed by atoms with Crippen LogP contribution >= 0.6 is 22.7 Å². The molecule has 6 heteroatoms. The van der Waals surface area contributed by atoms with Crippen LogP contribution in [0.25, 0.3) is 20.8 Å². The molecule has 2 aromatic carbocycles. The van der Waals surface area contributed by atoms with Crippen molar-refractivity contribution in [3.63, 3.8) is 0 Å². The van der Waals surface area contributed by atoms with Gasteiger partial charge in [-0.15, -0.1) is 22.7 Å². The number of para-hydroxylation sites is 1. The van der Waals surface area contributed by atoms with Crippen molar-refractivity contribution in [2.45, 2.75) is 25.7 Å². The highest BCUT2D eigenvalue weighted by Crippen LogP contribution is 2.46. The van der Waals surface area contributed by atoms with Crippen LogP contribution in [0.15, 0.2) is 48.5 Å². The Morgan fingerprint density at radius 1 is 1.07 bits per heavy atom. The Hall–Kier alpha value is -3.01. The standard InChI is InChI=1S/C23H17N3OS2/c24-13-14-6-5-7-15(12-14)21(27)26-23-20(16-8-1-3-10-18(16)28-23)22-25-17-9-2-4-11-19(17)29-22/h2,4-7,9,11-12H,1,3,8,10H2,(H,26,27). The van der Waals surface area contributed by atoms with Crippen LogP contribution in [-0.4, -0.2) is 10.9 Å². The number of nitriles is 1. The summed E-state index contributed by atoms with van der Waals surface area (Å²) < 4.78 is 1.15. The maximum atomic E-state index is 12.9. The quantitative estimate of drug-likeness (QED) is 0.444. The monoisotopic (exact) mass is 415 g/mol. The Morgan fingerprint density at radius 3 is 2.79 bits per heavy atom. The molecule has 0 atom stereocenters. The number of aryl methyl sites for hydroxylation is 1. The van der Waals surface area contributed by atoms with Crippen molar-refractivity contribution in [1.82, 2.24) is 4.98 Å². The Morgan fingerprint density at radius 2 is 1.93 bits per heavy atom. The number of benzene rings is 2. The van der Waals surface area contributed by atoms with Gasteiger partial charge in [-0.2, -0.15) is 5.26 Å². The topological polar surface area (TPSA) is 65.8 Å². The number of thiazole rings is 1. The molecule has 0 unspecified atom stereocenters. The van der Waals surface area contributed by atoms with Crippen LogP contribution in [0.2, 0.25) is 0 Å². The van der Waals surface area contributed by atoms with E-state index in [0.29, 0.717) is 11.1 Å². The molecule has 4 nitrogen and oxygen atoms in total. The smallest absolute Gasteiger partial charge is 0.256 e. The lowest BCUT2D eigenvalue weighted by atomic mass is 9.95. The third-order valence-electron chi connectivity index (χ3n) is 5.16. The van der Waals surface area contributed by atoms with E-state index in [1.165, 1.54) is 23.3 Å². The molecular weight excluding hydrogens is 398 g/mol. The van der Waals surface area contributed by atoms with Crippen LogP contribution in [0.5, 0.6) is 0 Å². The van der Waals surface area contributed by atoms with Crippen molar-refractivity contribution < 1.29 is 4.79 Å². The van der Waals surface area contributed by atoms with Gasteiger partial charge in [0.15, 0.2) is 0 Å². The Balaban J connectivity index is 1.58. The SMILES string of the molecule is N#Cc1cccc(C(=O)Nc2sc3c(c2-c2nc4ccccc4s2)CCCC3)c1. The minimum absolute atomic E-state index is 0.192. The summed E-state index contributed by atoms with van der Waals surface area (Å²) in [7, 11) is 0. The van der Waals surface area contributed by atoms with Crippen molar-refractivity contribution in [3.05, 3.63) is 70.1 Å². The minimum Gasteiger partial charge on any atom is -0.313 e. The van der Waals surface area contributed by atoms with Crippen molar-refractivity contribution in [2.24, 2.45) is 0 Å². The number of thiophene rings is 1. The number of nitrogens with zero attached hydrogens (tertiary/aromatic N) is 2. The zero-order valence-electron chi connectivity index (χ0n) is 15.6. The highest BCUT2D eigenvalue weighted by Gasteiger charge is 2.25. The number of rotatable bonds is 3. The van der Waals surface area contributed by atoms with Crippen molar-refractivity contribution in [2.75, 3.05) is 5.32 Å². The zero-order valence-corrected chi connectivity index (χ0v) is 17.2. The van der Waals surface area contributed by atoms with Gasteiger partial charge < -0.3 is 5.32 Å². The summed E-state index contributed by atoms with van der Waals surface area (Å²) in [5, 5.41) is 14.1.